The fraction of sp³-hybridized carbons (Fsp3) is 0.0769. The van der Waals surface area contributed by atoms with E-state index < -0.39 is 22.3 Å². The zero-order valence-corrected chi connectivity index (χ0v) is 10.5. The Morgan fingerprint density at radius 1 is 1.40 bits per heavy atom. The van der Waals surface area contributed by atoms with E-state index in [9.17, 15) is 19.3 Å². The first-order valence-corrected chi connectivity index (χ1v) is 5.62. The van der Waals surface area contributed by atoms with Gasteiger partial charge in [-0.1, -0.05) is 0 Å². The average Bonchev–Trinajstić information content (AvgIpc) is 2.46. The maximum absolute atomic E-state index is 13.5. The van der Waals surface area contributed by atoms with Crippen molar-refractivity contribution in [3.8, 4) is 0 Å². The number of nitro groups is 1. The van der Waals surface area contributed by atoms with Crippen LogP contribution in [0.15, 0.2) is 42.7 Å². The van der Waals surface area contributed by atoms with Crippen LogP contribution in [0.3, 0.4) is 0 Å². The summed E-state index contributed by atoms with van der Waals surface area (Å²) in [5.41, 5.74) is -0.0960. The minimum absolute atomic E-state index is 0.0273. The summed E-state index contributed by atoms with van der Waals surface area (Å²) in [5, 5.41) is 10.5. The van der Waals surface area contributed by atoms with Crippen molar-refractivity contribution in [2.24, 2.45) is 0 Å². The van der Waals surface area contributed by atoms with Crippen LogP contribution in [0.2, 0.25) is 0 Å². The van der Waals surface area contributed by atoms with Gasteiger partial charge in [0.25, 0.3) is 5.91 Å². The minimum Gasteiger partial charge on any atom is -0.310 e. The van der Waals surface area contributed by atoms with Gasteiger partial charge in [0.05, 0.1) is 16.8 Å². The number of halogens is 1. The first-order chi connectivity index (χ1) is 9.50. The van der Waals surface area contributed by atoms with Gasteiger partial charge in [-0.25, -0.2) is 0 Å². The van der Waals surface area contributed by atoms with Crippen molar-refractivity contribution in [2.45, 2.75) is 0 Å². The van der Waals surface area contributed by atoms with E-state index in [1.807, 2.05) is 0 Å². The van der Waals surface area contributed by atoms with Crippen molar-refractivity contribution >= 4 is 17.3 Å². The fourth-order valence-corrected chi connectivity index (χ4v) is 1.65. The van der Waals surface area contributed by atoms with E-state index >= 15 is 0 Å². The van der Waals surface area contributed by atoms with Crippen molar-refractivity contribution in [3.63, 3.8) is 0 Å². The molecule has 2 aromatic rings. The van der Waals surface area contributed by atoms with Crippen LogP contribution in [-0.2, 0) is 0 Å². The van der Waals surface area contributed by atoms with E-state index in [2.05, 4.69) is 4.98 Å². The second-order valence-electron chi connectivity index (χ2n) is 4.00. The molecule has 0 unspecified atom stereocenters. The monoisotopic (exact) mass is 275 g/mol. The maximum atomic E-state index is 13.5. The highest BCUT2D eigenvalue weighted by Crippen LogP contribution is 2.20. The first-order valence-electron chi connectivity index (χ1n) is 5.62. The molecule has 1 aromatic heterocycles. The van der Waals surface area contributed by atoms with Crippen LogP contribution in [0.1, 0.15) is 10.4 Å². The molecule has 1 aromatic carbocycles. The van der Waals surface area contributed by atoms with Gasteiger partial charge < -0.3 is 4.90 Å². The van der Waals surface area contributed by atoms with Crippen LogP contribution in [0, 0.1) is 15.9 Å². The quantitative estimate of drug-likeness (QED) is 0.636. The van der Waals surface area contributed by atoms with E-state index in [1.165, 1.54) is 24.2 Å². The smallest absolute Gasteiger partial charge is 0.304 e. The highest BCUT2D eigenvalue weighted by atomic mass is 19.1. The summed E-state index contributed by atoms with van der Waals surface area (Å²) >= 11 is 0. The molecule has 0 N–H and O–H groups in total. The van der Waals surface area contributed by atoms with Crippen LogP contribution >= 0.6 is 0 Å². The number of nitro benzene ring substituents is 1. The molecule has 102 valence electrons. The van der Waals surface area contributed by atoms with Crippen LogP contribution in [0.5, 0.6) is 0 Å². The molecule has 0 saturated carbocycles. The molecular weight excluding hydrogens is 265 g/mol. The van der Waals surface area contributed by atoms with E-state index in [-0.39, 0.29) is 5.56 Å². The average molecular weight is 275 g/mol. The molecule has 1 amide bonds. The SMILES string of the molecule is CN(C(=O)c1ccc([N+](=O)[O-])c(F)c1)c1cccnc1. The Labute approximate surface area is 113 Å². The summed E-state index contributed by atoms with van der Waals surface area (Å²) < 4.78 is 13.5. The molecule has 0 spiro atoms. The Morgan fingerprint density at radius 2 is 2.15 bits per heavy atom. The summed E-state index contributed by atoms with van der Waals surface area (Å²) in [4.78, 5) is 27.0. The number of benzene rings is 1. The van der Waals surface area contributed by atoms with Crippen molar-refractivity contribution in [3.05, 3.63) is 64.2 Å². The molecule has 0 bridgehead atoms. The van der Waals surface area contributed by atoms with Crippen molar-refractivity contribution in [2.75, 3.05) is 11.9 Å². The number of aromatic nitrogens is 1. The number of anilines is 1. The van der Waals surface area contributed by atoms with Crippen LogP contribution in [-0.4, -0.2) is 22.9 Å². The van der Waals surface area contributed by atoms with Gasteiger partial charge >= 0.3 is 5.69 Å². The second kappa shape index (κ2) is 5.43. The minimum atomic E-state index is -1.04. The topological polar surface area (TPSA) is 76.3 Å². The van der Waals surface area contributed by atoms with Gasteiger partial charge in [0.1, 0.15) is 0 Å². The van der Waals surface area contributed by atoms with Gasteiger partial charge in [-0.3, -0.25) is 19.9 Å². The van der Waals surface area contributed by atoms with E-state index in [4.69, 9.17) is 0 Å². The normalized spacial score (nSPS) is 10.1. The molecule has 0 fully saturated rings. The van der Waals surface area contributed by atoms with Gasteiger partial charge in [0, 0.05) is 24.9 Å². The van der Waals surface area contributed by atoms with Crippen LogP contribution in [0.4, 0.5) is 15.8 Å². The molecule has 1 heterocycles. The van der Waals surface area contributed by atoms with Crippen molar-refractivity contribution in [1.82, 2.24) is 4.98 Å². The lowest BCUT2D eigenvalue weighted by molar-refractivity contribution is -0.387. The van der Waals surface area contributed by atoms with Gasteiger partial charge in [0.15, 0.2) is 0 Å². The number of hydrogen-bond donors (Lipinski definition) is 0. The molecular formula is C13H10FN3O3. The molecule has 0 aliphatic carbocycles. The summed E-state index contributed by atoms with van der Waals surface area (Å²) in [6.07, 6.45) is 3.05. The third-order valence-corrected chi connectivity index (χ3v) is 2.73. The predicted molar refractivity (Wildman–Crippen MR) is 70.0 cm³/mol. The summed E-state index contributed by atoms with van der Waals surface area (Å²) in [6.45, 7) is 0. The number of hydrogen-bond acceptors (Lipinski definition) is 4. The molecule has 0 radical (unpaired) electrons. The molecule has 0 saturated heterocycles. The largest absolute Gasteiger partial charge is 0.310 e. The van der Waals surface area contributed by atoms with Gasteiger partial charge in [-0.15, -0.1) is 0 Å². The first kappa shape index (κ1) is 13.6. The number of pyridine rings is 1. The predicted octanol–water partition coefficient (Wildman–Crippen LogP) is 2.41. The van der Waals surface area contributed by atoms with E-state index in [0.717, 1.165) is 12.1 Å². The Kier molecular flexibility index (Phi) is 3.69. The Balaban J connectivity index is 2.30. The van der Waals surface area contributed by atoms with Gasteiger partial charge in [0.2, 0.25) is 5.82 Å². The molecule has 0 aliphatic rings. The highest BCUT2D eigenvalue weighted by Gasteiger charge is 2.19. The van der Waals surface area contributed by atoms with Crippen molar-refractivity contribution < 1.29 is 14.1 Å². The lowest BCUT2D eigenvalue weighted by Crippen LogP contribution is -2.26. The molecule has 0 atom stereocenters. The summed E-state index contributed by atoms with van der Waals surface area (Å²) in [6, 6.07) is 6.38. The number of rotatable bonds is 3. The number of carbonyl (C=O) groups excluding carboxylic acids is 1. The highest BCUT2D eigenvalue weighted by molar-refractivity contribution is 6.05. The molecule has 6 nitrogen and oxygen atoms in total. The number of nitrogens with zero attached hydrogens (tertiary/aromatic N) is 3. The molecule has 20 heavy (non-hydrogen) atoms. The standard InChI is InChI=1S/C13H10FN3O3/c1-16(10-3-2-6-15-8-10)13(18)9-4-5-12(17(19)20)11(14)7-9/h2-8H,1H3. The maximum Gasteiger partial charge on any atom is 0.304 e. The molecule has 0 aliphatic heterocycles. The lowest BCUT2D eigenvalue weighted by Gasteiger charge is -2.16. The van der Waals surface area contributed by atoms with Crippen LogP contribution in [0.25, 0.3) is 0 Å². The van der Waals surface area contributed by atoms with Crippen LogP contribution < -0.4 is 4.90 Å². The fourth-order valence-electron chi connectivity index (χ4n) is 1.65. The zero-order valence-electron chi connectivity index (χ0n) is 10.5. The molecule has 2 rings (SSSR count). The van der Waals surface area contributed by atoms with Gasteiger partial charge in [-0.05, 0) is 24.3 Å². The van der Waals surface area contributed by atoms with Gasteiger partial charge in [-0.2, -0.15) is 4.39 Å². The summed E-state index contributed by atoms with van der Waals surface area (Å²) in [7, 11) is 1.51. The van der Waals surface area contributed by atoms with E-state index in [1.54, 1.807) is 18.3 Å². The number of carbonyl (C=O) groups is 1. The lowest BCUT2D eigenvalue weighted by atomic mass is 10.1. The Morgan fingerprint density at radius 3 is 2.70 bits per heavy atom. The molecule has 7 heteroatoms. The summed E-state index contributed by atoms with van der Waals surface area (Å²) in [5.74, 6) is -1.52. The second-order valence-corrected chi connectivity index (χ2v) is 4.00. The number of amides is 1. The third-order valence-electron chi connectivity index (χ3n) is 2.73. The Hall–Kier alpha value is -2.83. The Bertz CT molecular complexity index is 661. The van der Waals surface area contributed by atoms with E-state index in [0.29, 0.717) is 5.69 Å². The zero-order chi connectivity index (χ0) is 14.7. The third kappa shape index (κ3) is 2.61. The van der Waals surface area contributed by atoms with Crippen molar-refractivity contribution in [1.29, 1.82) is 0 Å².